The number of fused-ring (bicyclic) bond motifs is 3. The molecule has 0 bridgehead atoms. The Morgan fingerprint density at radius 1 is 1.11 bits per heavy atom. The van der Waals surface area contributed by atoms with Crippen LogP contribution in [0.1, 0.15) is 48.9 Å². The van der Waals surface area contributed by atoms with Crippen molar-refractivity contribution in [1.82, 2.24) is 20.8 Å². The molecule has 10 heteroatoms. The zero-order chi connectivity index (χ0) is 24.4. The van der Waals surface area contributed by atoms with E-state index >= 15 is 0 Å². The normalized spacial score (nSPS) is 23.1. The number of rotatable bonds is 7. The third-order valence-electron chi connectivity index (χ3n) is 6.43. The van der Waals surface area contributed by atoms with Gasteiger partial charge >= 0.3 is 6.18 Å². The molecule has 3 aliphatic rings. The summed E-state index contributed by atoms with van der Waals surface area (Å²) in [6.45, 7) is 2.87. The molecule has 0 spiro atoms. The number of nitrogens with zero attached hydrogens (tertiary/aromatic N) is 3. The Hall–Kier alpha value is -2.85. The molecule has 1 saturated heterocycles. The van der Waals surface area contributed by atoms with Gasteiger partial charge in [0.2, 0.25) is 0 Å². The lowest BCUT2D eigenvalue weighted by atomic mass is 10.00. The van der Waals surface area contributed by atoms with Crippen molar-refractivity contribution in [1.29, 1.82) is 0 Å². The number of hydrogen-bond acceptors (Lipinski definition) is 7. The summed E-state index contributed by atoms with van der Waals surface area (Å²) >= 11 is 1.30. The number of ether oxygens (including phenoxy) is 1. The molecule has 0 saturated carbocycles. The van der Waals surface area contributed by atoms with Gasteiger partial charge in [0, 0.05) is 18.2 Å². The van der Waals surface area contributed by atoms with Gasteiger partial charge in [-0.25, -0.2) is 5.43 Å². The van der Waals surface area contributed by atoms with Crippen molar-refractivity contribution in [2.24, 2.45) is 5.10 Å². The maximum Gasteiger partial charge on any atom is 0.416 e. The quantitative estimate of drug-likeness (QED) is 0.492. The van der Waals surface area contributed by atoms with Gasteiger partial charge in [-0.3, -0.25) is 5.43 Å². The molecule has 35 heavy (non-hydrogen) atoms. The molecule has 5 rings (SSSR count). The van der Waals surface area contributed by atoms with Gasteiger partial charge in [-0.05, 0) is 42.2 Å². The second-order valence-electron chi connectivity index (χ2n) is 8.78. The summed E-state index contributed by atoms with van der Waals surface area (Å²) in [7, 11) is 0. The van der Waals surface area contributed by atoms with E-state index in [9.17, 15) is 13.2 Å². The van der Waals surface area contributed by atoms with Gasteiger partial charge in [0.15, 0.2) is 5.17 Å². The molecule has 3 unspecified atom stereocenters. The maximum absolute atomic E-state index is 13.3. The number of thioether (sulfide) groups is 1. The number of nitrogens with one attached hydrogen (secondary N) is 2. The lowest BCUT2D eigenvalue weighted by Crippen LogP contribution is -2.54. The fourth-order valence-corrected chi connectivity index (χ4v) is 5.54. The highest BCUT2D eigenvalue weighted by Gasteiger charge is 2.44. The summed E-state index contributed by atoms with van der Waals surface area (Å²) < 4.78 is 45.8. The van der Waals surface area contributed by atoms with Gasteiger partial charge in [-0.15, -0.1) is 0 Å². The molecule has 3 heterocycles. The van der Waals surface area contributed by atoms with E-state index < -0.39 is 11.7 Å². The van der Waals surface area contributed by atoms with Gasteiger partial charge in [0.05, 0.1) is 24.3 Å². The first-order chi connectivity index (χ1) is 16.9. The SMILES string of the molecule is CCCCOc1ccc(C2CC3C4NN=C(SCc5ccccc5C(F)(F)F)N4C=CN3N2)cc1. The van der Waals surface area contributed by atoms with Crippen LogP contribution in [0.15, 0.2) is 66.0 Å². The van der Waals surface area contributed by atoms with Crippen molar-refractivity contribution in [3.05, 3.63) is 77.6 Å². The van der Waals surface area contributed by atoms with Gasteiger partial charge in [0.1, 0.15) is 11.9 Å². The van der Waals surface area contributed by atoms with E-state index in [4.69, 9.17) is 4.74 Å². The summed E-state index contributed by atoms with van der Waals surface area (Å²) in [5.74, 6) is 1.07. The summed E-state index contributed by atoms with van der Waals surface area (Å²) in [6, 6.07) is 14.2. The molecule has 3 aliphatic heterocycles. The standard InChI is InChI=1S/C25H28F3N5OS/c1-2-3-14-34-19-10-8-17(9-11-19)21-15-22-23-29-30-24(32(23)12-13-33(22)31-21)35-16-18-6-4-5-7-20(18)25(26,27)28/h4-13,21-23,29,31H,2-3,14-16H2,1H3. The lowest BCUT2D eigenvalue weighted by Gasteiger charge is -2.36. The highest BCUT2D eigenvalue weighted by molar-refractivity contribution is 8.13. The second kappa shape index (κ2) is 10.0. The Morgan fingerprint density at radius 3 is 2.69 bits per heavy atom. The maximum atomic E-state index is 13.3. The molecule has 2 aromatic carbocycles. The van der Waals surface area contributed by atoms with Crippen LogP contribution in [0.25, 0.3) is 0 Å². The number of hydrogen-bond donors (Lipinski definition) is 2. The van der Waals surface area contributed by atoms with Gasteiger partial charge in [-0.1, -0.05) is 55.4 Å². The van der Waals surface area contributed by atoms with E-state index in [1.54, 1.807) is 6.07 Å². The molecule has 2 N–H and O–H groups in total. The number of hydrazone groups is 1. The van der Waals surface area contributed by atoms with Crippen LogP contribution in [-0.2, 0) is 11.9 Å². The van der Waals surface area contributed by atoms with Crippen molar-refractivity contribution in [2.75, 3.05) is 6.61 Å². The highest BCUT2D eigenvalue weighted by atomic mass is 32.2. The number of hydrazine groups is 1. The van der Waals surface area contributed by atoms with Crippen LogP contribution in [0.2, 0.25) is 0 Å². The van der Waals surface area contributed by atoms with E-state index in [1.807, 2.05) is 29.4 Å². The van der Waals surface area contributed by atoms with E-state index in [1.165, 1.54) is 29.5 Å². The molecule has 2 aromatic rings. The predicted octanol–water partition coefficient (Wildman–Crippen LogP) is 5.42. The number of unbranched alkanes of at least 4 members (excludes halogenated alkanes) is 1. The molecule has 0 aliphatic carbocycles. The molecule has 186 valence electrons. The molecule has 0 radical (unpaired) electrons. The Balaban J connectivity index is 1.20. The number of benzene rings is 2. The monoisotopic (exact) mass is 503 g/mol. The van der Waals surface area contributed by atoms with E-state index in [0.717, 1.165) is 37.7 Å². The summed E-state index contributed by atoms with van der Waals surface area (Å²) in [4.78, 5) is 2.01. The fourth-order valence-electron chi connectivity index (χ4n) is 4.56. The van der Waals surface area contributed by atoms with Crippen molar-refractivity contribution < 1.29 is 17.9 Å². The predicted molar refractivity (Wildman–Crippen MR) is 131 cm³/mol. The average Bonchev–Trinajstić information content (AvgIpc) is 3.47. The fraction of sp³-hybridized carbons (Fsp3) is 0.400. The highest BCUT2D eigenvalue weighted by Crippen LogP contribution is 2.37. The number of alkyl halides is 3. The summed E-state index contributed by atoms with van der Waals surface area (Å²) in [6.07, 6.45) is 2.43. The van der Waals surface area contributed by atoms with Crippen LogP contribution in [0.3, 0.4) is 0 Å². The Labute approximate surface area is 207 Å². The van der Waals surface area contributed by atoms with Crippen LogP contribution in [0.5, 0.6) is 5.75 Å². The first kappa shape index (κ1) is 23.9. The van der Waals surface area contributed by atoms with Crippen molar-refractivity contribution in [3.63, 3.8) is 0 Å². The first-order valence-corrected chi connectivity index (χ1v) is 12.8. The van der Waals surface area contributed by atoms with Crippen LogP contribution in [-0.4, -0.2) is 33.9 Å². The minimum absolute atomic E-state index is 0.0884. The lowest BCUT2D eigenvalue weighted by molar-refractivity contribution is -0.138. The van der Waals surface area contributed by atoms with Crippen LogP contribution in [0, 0.1) is 0 Å². The molecule has 3 atom stereocenters. The van der Waals surface area contributed by atoms with Gasteiger partial charge in [-0.2, -0.15) is 18.3 Å². The first-order valence-electron chi connectivity index (χ1n) is 11.8. The number of amidine groups is 1. The molecular formula is C25H28F3N5OS. The smallest absolute Gasteiger partial charge is 0.416 e. The average molecular weight is 504 g/mol. The zero-order valence-corrected chi connectivity index (χ0v) is 20.1. The molecule has 0 aromatic heterocycles. The van der Waals surface area contributed by atoms with Crippen LogP contribution in [0.4, 0.5) is 13.2 Å². The summed E-state index contributed by atoms with van der Waals surface area (Å²) in [5, 5.41) is 7.20. The Kier molecular flexibility index (Phi) is 6.84. The van der Waals surface area contributed by atoms with E-state index in [2.05, 4.69) is 40.0 Å². The van der Waals surface area contributed by atoms with Crippen molar-refractivity contribution >= 4 is 16.9 Å². The minimum atomic E-state index is -4.37. The molecular weight excluding hydrogens is 475 g/mol. The largest absolute Gasteiger partial charge is 0.494 e. The van der Waals surface area contributed by atoms with Crippen molar-refractivity contribution in [3.8, 4) is 5.75 Å². The number of halogens is 3. The van der Waals surface area contributed by atoms with Gasteiger partial charge < -0.3 is 14.6 Å². The molecule has 0 amide bonds. The van der Waals surface area contributed by atoms with Crippen LogP contribution < -0.4 is 15.6 Å². The molecule has 6 nitrogen and oxygen atoms in total. The minimum Gasteiger partial charge on any atom is -0.494 e. The van der Waals surface area contributed by atoms with E-state index in [-0.39, 0.29) is 29.6 Å². The zero-order valence-electron chi connectivity index (χ0n) is 19.3. The second-order valence-corrected chi connectivity index (χ2v) is 9.72. The van der Waals surface area contributed by atoms with Crippen LogP contribution >= 0.6 is 11.8 Å². The third-order valence-corrected chi connectivity index (χ3v) is 7.45. The van der Waals surface area contributed by atoms with E-state index in [0.29, 0.717) is 5.17 Å². The van der Waals surface area contributed by atoms with Crippen molar-refractivity contribution in [2.45, 2.75) is 56.4 Å². The Bertz CT molecular complexity index is 1090. The third kappa shape index (κ3) is 5.08. The topological polar surface area (TPSA) is 52.1 Å². The van der Waals surface area contributed by atoms with Gasteiger partial charge in [0.25, 0.3) is 0 Å². The Morgan fingerprint density at radius 2 is 1.91 bits per heavy atom. The summed E-state index contributed by atoms with van der Waals surface area (Å²) in [5.41, 5.74) is 7.57. The molecule has 1 fully saturated rings.